The minimum absolute atomic E-state index is 0.341. The van der Waals surface area contributed by atoms with Crippen molar-refractivity contribution in [1.82, 2.24) is 5.32 Å². The third-order valence-electron chi connectivity index (χ3n) is 8.45. The molecule has 1 N–H and O–H groups in total. The fraction of sp³-hybridized carbons (Fsp3) is 0.769. The van der Waals surface area contributed by atoms with Gasteiger partial charge in [-0.1, -0.05) is 33.1 Å². The highest BCUT2D eigenvalue weighted by molar-refractivity contribution is 5.65. The second-order valence-electron chi connectivity index (χ2n) is 9.72. The van der Waals surface area contributed by atoms with Crippen LogP contribution < -0.4 is 15.1 Å². The van der Waals surface area contributed by atoms with Gasteiger partial charge in [-0.3, -0.25) is 0 Å². The quantitative estimate of drug-likeness (QED) is 0.713. The van der Waals surface area contributed by atoms with Gasteiger partial charge in [-0.2, -0.15) is 0 Å². The fourth-order valence-electron chi connectivity index (χ4n) is 6.57. The zero-order valence-electron chi connectivity index (χ0n) is 19.6. The normalized spacial score (nSPS) is 28.7. The summed E-state index contributed by atoms with van der Waals surface area (Å²) in [4.78, 5) is 5.26. The van der Waals surface area contributed by atoms with Crippen LogP contribution in [0.4, 0.5) is 11.4 Å². The number of piperazine rings is 1. The molecule has 168 valence electrons. The van der Waals surface area contributed by atoms with Crippen molar-refractivity contribution in [3.63, 3.8) is 0 Å². The van der Waals surface area contributed by atoms with Crippen molar-refractivity contribution in [3.8, 4) is 0 Å². The van der Waals surface area contributed by atoms with E-state index in [0.29, 0.717) is 11.5 Å². The van der Waals surface area contributed by atoms with Gasteiger partial charge in [0, 0.05) is 57.8 Å². The summed E-state index contributed by atoms with van der Waals surface area (Å²) in [5, 5.41) is 3.54. The predicted molar refractivity (Wildman–Crippen MR) is 128 cm³/mol. The summed E-state index contributed by atoms with van der Waals surface area (Å²) in [5.74, 6) is 0.812. The predicted octanol–water partition coefficient (Wildman–Crippen LogP) is 4.96. The number of nitrogens with one attached hydrogen (secondary N) is 1. The lowest BCUT2D eigenvalue weighted by atomic mass is 9.60. The van der Waals surface area contributed by atoms with E-state index in [9.17, 15) is 0 Å². The van der Waals surface area contributed by atoms with E-state index in [1.54, 1.807) is 5.56 Å². The molecule has 1 saturated carbocycles. The third-order valence-corrected chi connectivity index (χ3v) is 8.45. The first kappa shape index (κ1) is 22.0. The Bertz CT molecular complexity index is 679. The van der Waals surface area contributed by atoms with Crippen LogP contribution in [0.2, 0.25) is 0 Å². The number of methoxy groups -OCH3 is 1. The van der Waals surface area contributed by atoms with Gasteiger partial charge in [-0.25, -0.2) is 0 Å². The zero-order chi connectivity index (χ0) is 21.0. The van der Waals surface area contributed by atoms with E-state index < -0.39 is 0 Å². The summed E-state index contributed by atoms with van der Waals surface area (Å²) in [6.45, 7) is 11.5. The molecule has 1 aromatic carbocycles. The Morgan fingerprint density at radius 1 is 1.00 bits per heavy atom. The van der Waals surface area contributed by atoms with Crippen LogP contribution in [0, 0.1) is 5.92 Å². The van der Waals surface area contributed by atoms with Gasteiger partial charge >= 0.3 is 0 Å². The Hall–Kier alpha value is -1.26. The van der Waals surface area contributed by atoms with Crippen molar-refractivity contribution in [2.45, 2.75) is 76.7 Å². The van der Waals surface area contributed by atoms with Gasteiger partial charge in [0.1, 0.15) is 0 Å². The lowest BCUT2D eigenvalue weighted by Gasteiger charge is -2.47. The Kier molecular flexibility index (Phi) is 7.25. The molecule has 2 unspecified atom stereocenters. The molecule has 2 aliphatic heterocycles. The molecular weight excluding hydrogens is 370 g/mol. The Balaban J connectivity index is 1.72. The van der Waals surface area contributed by atoms with Crippen molar-refractivity contribution < 1.29 is 4.74 Å². The number of nitrogens with zero attached hydrogens (tertiary/aromatic N) is 2. The molecule has 2 saturated heterocycles. The topological polar surface area (TPSA) is 27.7 Å². The average molecular weight is 414 g/mol. The molecule has 4 heteroatoms. The second-order valence-corrected chi connectivity index (χ2v) is 9.72. The first-order valence-electron chi connectivity index (χ1n) is 12.6. The van der Waals surface area contributed by atoms with E-state index in [1.165, 1.54) is 49.9 Å². The van der Waals surface area contributed by atoms with E-state index in [2.05, 4.69) is 47.2 Å². The molecule has 3 fully saturated rings. The number of ether oxygens (including phenoxy) is 1. The van der Waals surface area contributed by atoms with Gasteiger partial charge in [0.15, 0.2) is 0 Å². The van der Waals surface area contributed by atoms with Crippen molar-refractivity contribution in [2.75, 3.05) is 56.2 Å². The van der Waals surface area contributed by atoms with E-state index in [-0.39, 0.29) is 0 Å². The molecule has 0 spiro atoms. The zero-order valence-corrected chi connectivity index (χ0v) is 19.6. The third kappa shape index (κ3) is 4.23. The summed E-state index contributed by atoms with van der Waals surface area (Å²) in [5.41, 5.74) is 4.96. The summed E-state index contributed by atoms with van der Waals surface area (Å²) >= 11 is 0. The molecule has 0 aromatic heterocycles. The van der Waals surface area contributed by atoms with Crippen molar-refractivity contribution >= 4 is 11.4 Å². The lowest BCUT2D eigenvalue weighted by Crippen LogP contribution is -2.46. The van der Waals surface area contributed by atoms with Crippen molar-refractivity contribution in [2.24, 2.45) is 5.92 Å². The molecule has 30 heavy (non-hydrogen) atoms. The SMILES string of the molecule is CCC1CCCCC1(CC)c1cc(N2CCC(OC)CC2)ccc1N1CCNCC1. The fourth-order valence-corrected chi connectivity index (χ4v) is 6.57. The molecule has 4 rings (SSSR count). The van der Waals surface area contributed by atoms with Crippen LogP contribution in [0.5, 0.6) is 0 Å². The molecule has 1 aromatic rings. The van der Waals surface area contributed by atoms with E-state index in [4.69, 9.17) is 4.74 Å². The monoisotopic (exact) mass is 413 g/mol. The molecule has 1 aliphatic carbocycles. The summed E-state index contributed by atoms with van der Waals surface area (Å²) < 4.78 is 5.62. The van der Waals surface area contributed by atoms with Crippen LogP contribution in [0.1, 0.15) is 70.8 Å². The maximum absolute atomic E-state index is 5.62. The van der Waals surface area contributed by atoms with Crippen LogP contribution in [0.15, 0.2) is 18.2 Å². The number of hydrogen-bond donors (Lipinski definition) is 1. The summed E-state index contributed by atoms with van der Waals surface area (Å²) in [6.07, 6.45) is 10.8. The van der Waals surface area contributed by atoms with Crippen LogP contribution >= 0.6 is 0 Å². The van der Waals surface area contributed by atoms with Crippen LogP contribution in [0.3, 0.4) is 0 Å². The van der Waals surface area contributed by atoms with Gasteiger partial charge < -0.3 is 19.9 Å². The Morgan fingerprint density at radius 3 is 2.43 bits per heavy atom. The van der Waals surface area contributed by atoms with Crippen molar-refractivity contribution in [1.29, 1.82) is 0 Å². The van der Waals surface area contributed by atoms with Gasteiger partial charge in [0.05, 0.1) is 6.10 Å². The van der Waals surface area contributed by atoms with Crippen LogP contribution in [0.25, 0.3) is 0 Å². The van der Waals surface area contributed by atoms with Gasteiger partial charge in [-0.15, -0.1) is 0 Å². The molecule has 3 aliphatic rings. The molecule has 0 radical (unpaired) electrons. The van der Waals surface area contributed by atoms with E-state index in [1.807, 2.05) is 7.11 Å². The minimum atomic E-state index is 0.341. The minimum Gasteiger partial charge on any atom is -0.381 e. The number of benzene rings is 1. The van der Waals surface area contributed by atoms with Crippen LogP contribution in [-0.4, -0.2) is 52.5 Å². The molecule has 4 nitrogen and oxygen atoms in total. The second kappa shape index (κ2) is 9.91. The highest BCUT2D eigenvalue weighted by atomic mass is 16.5. The maximum Gasteiger partial charge on any atom is 0.0605 e. The number of piperidine rings is 1. The number of anilines is 2. The smallest absolute Gasteiger partial charge is 0.0605 e. The van der Waals surface area contributed by atoms with Gasteiger partial charge in [0.2, 0.25) is 0 Å². The van der Waals surface area contributed by atoms with Gasteiger partial charge in [0.25, 0.3) is 0 Å². The number of rotatable bonds is 6. The first-order chi connectivity index (χ1) is 14.7. The number of hydrogen-bond acceptors (Lipinski definition) is 4. The summed E-state index contributed by atoms with van der Waals surface area (Å²) in [7, 11) is 1.86. The van der Waals surface area contributed by atoms with Crippen LogP contribution in [-0.2, 0) is 10.2 Å². The summed E-state index contributed by atoms with van der Waals surface area (Å²) in [6, 6.07) is 7.49. The standard InChI is InChI=1S/C26H43N3O/c1-4-21-8-6-7-13-26(21,5-2)24-20-22(28-16-11-23(30-3)12-17-28)9-10-25(24)29-18-14-27-15-19-29/h9-10,20-21,23,27H,4-8,11-19H2,1-3H3. The van der Waals surface area contributed by atoms with Crippen molar-refractivity contribution in [3.05, 3.63) is 23.8 Å². The molecule has 2 heterocycles. The molecular formula is C26H43N3O. The largest absolute Gasteiger partial charge is 0.381 e. The highest BCUT2D eigenvalue weighted by Gasteiger charge is 2.42. The first-order valence-corrected chi connectivity index (χ1v) is 12.6. The van der Waals surface area contributed by atoms with E-state index in [0.717, 1.165) is 58.0 Å². The Morgan fingerprint density at radius 2 is 1.77 bits per heavy atom. The molecule has 2 atom stereocenters. The lowest BCUT2D eigenvalue weighted by molar-refractivity contribution is 0.0819. The maximum atomic E-state index is 5.62. The average Bonchev–Trinajstić information content (AvgIpc) is 2.84. The van der Waals surface area contributed by atoms with E-state index >= 15 is 0 Å². The molecule has 0 amide bonds. The molecule has 0 bridgehead atoms. The highest BCUT2D eigenvalue weighted by Crippen LogP contribution is 2.51. The van der Waals surface area contributed by atoms with Gasteiger partial charge in [-0.05, 0) is 67.2 Å². The Labute approximate surface area is 184 Å².